The number of aromatic amines is 1. The molecule has 0 unspecified atom stereocenters. The van der Waals surface area contributed by atoms with Crippen molar-refractivity contribution in [3.8, 4) is 0 Å². The molecule has 8 nitrogen and oxygen atoms in total. The van der Waals surface area contributed by atoms with E-state index in [0.29, 0.717) is 29.9 Å². The van der Waals surface area contributed by atoms with E-state index in [1.165, 1.54) is 0 Å². The van der Waals surface area contributed by atoms with E-state index in [2.05, 4.69) is 10.3 Å². The van der Waals surface area contributed by atoms with Crippen LogP contribution in [-0.2, 0) is 16.1 Å². The Morgan fingerprint density at radius 1 is 1.24 bits per heavy atom. The van der Waals surface area contributed by atoms with E-state index in [1.54, 1.807) is 36.0 Å². The average molecular weight is 363 g/mol. The summed E-state index contributed by atoms with van der Waals surface area (Å²) >= 11 is 1.63. The Morgan fingerprint density at radius 2 is 1.92 bits per heavy atom. The molecule has 1 aromatic carbocycles. The second-order valence-electron chi connectivity index (χ2n) is 5.91. The Labute approximate surface area is 146 Å². The Kier molecular flexibility index (Phi) is 4.67. The van der Waals surface area contributed by atoms with Crippen molar-refractivity contribution in [2.24, 2.45) is 0 Å². The molecule has 9 heteroatoms. The molecule has 0 spiro atoms. The van der Waals surface area contributed by atoms with Gasteiger partial charge in [-0.3, -0.25) is 14.2 Å². The summed E-state index contributed by atoms with van der Waals surface area (Å²) in [7, 11) is 0. The number of thioether (sulfide) groups is 1. The molecular formula is C16H17N3O5S. The number of benzene rings is 1. The van der Waals surface area contributed by atoms with Crippen molar-refractivity contribution in [3.63, 3.8) is 0 Å². The second-order valence-corrected chi connectivity index (χ2v) is 7.14. The van der Waals surface area contributed by atoms with Crippen molar-refractivity contribution in [2.75, 3.05) is 11.5 Å². The van der Waals surface area contributed by atoms with Gasteiger partial charge in [-0.15, -0.1) is 0 Å². The number of H-pyrrole nitrogens is 1. The lowest BCUT2D eigenvalue weighted by Gasteiger charge is -2.33. The quantitative estimate of drug-likeness (QED) is 0.711. The molecule has 2 heterocycles. The molecule has 25 heavy (non-hydrogen) atoms. The lowest BCUT2D eigenvalue weighted by Crippen LogP contribution is -2.57. The summed E-state index contributed by atoms with van der Waals surface area (Å²) in [5.74, 6) is -0.510. The Balaban J connectivity index is 1.88. The van der Waals surface area contributed by atoms with Gasteiger partial charge in [-0.25, -0.2) is 9.59 Å². The lowest BCUT2D eigenvalue weighted by atomic mass is 9.92. The van der Waals surface area contributed by atoms with Gasteiger partial charge in [0.15, 0.2) is 0 Å². The van der Waals surface area contributed by atoms with E-state index in [4.69, 9.17) is 0 Å². The third kappa shape index (κ3) is 3.32. The molecule has 0 radical (unpaired) electrons. The first kappa shape index (κ1) is 17.3. The van der Waals surface area contributed by atoms with Crippen LogP contribution in [0.2, 0.25) is 0 Å². The van der Waals surface area contributed by atoms with Crippen LogP contribution in [0.4, 0.5) is 0 Å². The molecule has 0 bridgehead atoms. The number of carbonyl (C=O) groups is 2. The highest BCUT2D eigenvalue weighted by atomic mass is 32.2. The number of carboxylic acid groups (broad SMARTS) is 1. The number of aromatic nitrogens is 2. The Hall–Kier alpha value is -2.55. The first-order valence-corrected chi connectivity index (χ1v) is 8.92. The summed E-state index contributed by atoms with van der Waals surface area (Å²) in [6, 6.07) is 6.50. The maximum absolute atomic E-state index is 12.4. The highest BCUT2D eigenvalue weighted by molar-refractivity contribution is 7.99. The maximum Gasteiger partial charge on any atom is 0.329 e. The van der Waals surface area contributed by atoms with Crippen molar-refractivity contribution < 1.29 is 14.7 Å². The predicted octanol–water partition coefficient (Wildman–Crippen LogP) is 0.156. The fourth-order valence-electron chi connectivity index (χ4n) is 2.90. The van der Waals surface area contributed by atoms with Crippen LogP contribution >= 0.6 is 11.8 Å². The fourth-order valence-corrected chi connectivity index (χ4v) is 4.09. The highest BCUT2D eigenvalue weighted by Crippen LogP contribution is 2.27. The van der Waals surface area contributed by atoms with Gasteiger partial charge < -0.3 is 15.4 Å². The van der Waals surface area contributed by atoms with Crippen molar-refractivity contribution in [3.05, 3.63) is 45.1 Å². The number of amides is 1. The standard InChI is InChI=1S/C16H17N3O5S/c20-12(18-16(14(22)23)5-7-25-8-6-16)9-19-13(21)10-3-1-2-4-11(10)17-15(19)24/h1-4H,5-9H2,(H,17,24)(H,18,20)(H,22,23). The van der Waals surface area contributed by atoms with Crippen molar-refractivity contribution >= 4 is 34.5 Å². The molecule has 1 saturated heterocycles. The van der Waals surface area contributed by atoms with Crippen LogP contribution in [0.25, 0.3) is 10.9 Å². The summed E-state index contributed by atoms with van der Waals surface area (Å²) in [5.41, 5.74) is -2.24. The predicted molar refractivity (Wildman–Crippen MR) is 93.9 cm³/mol. The molecule has 0 aliphatic carbocycles. The van der Waals surface area contributed by atoms with E-state index < -0.39 is 35.2 Å². The normalized spacial score (nSPS) is 16.5. The number of fused-ring (bicyclic) bond motifs is 1. The minimum Gasteiger partial charge on any atom is -0.480 e. The number of nitrogens with one attached hydrogen (secondary N) is 2. The van der Waals surface area contributed by atoms with Crippen LogP contribution in [-0.4, -0.2) is 43.6 Å². The molecule has 0 atom stereocenters. The molecule has 0 saturated carbocycles. The molecular weight excluding hydrogens is 346 g/mol. The van der Waals surface area contributed by atoms with E-state index in [9.17, 15) is 24.3 Å². The van der Waals surface area contributed by atoms with E-state index >= 15 is 0 Å². The van der Waals surface area contributed by atoms with E-state index in [1.807, 2.05) is 0 Å². The van der Waals surface area contributed by atoms with Crippen LogP contribution in [0.1, 0.15) is 12.8 Å². The lowest BCUT2D eigenvalue weighted by molar-refractivity contribution is -0.148. The van der Waals surface area contributed by atoms with Gasteiger partial charge in [0.2, 0.25) is 5.91 Å². The number of rotatable bonds is 4. The third-order valence-corrected chi connectivity index (χ3v) is 5.31. The van der Waals surface area contributed by atoms with Crippen LogP contribution in [0, 0.1) is 0 Å². The maximum atomic E-state index is 12.4. The summed E-state index contributed by atoms with van der Waals surface area (Å²) in [6.07, 6.45) is 0.615. The van der Waals surface area contributed by atoms with Crippen molar-refractivity contribution in [1.29, 1.82) is 0 Å². The van der Waals surface area contributed by atoms with Crippen molar-refractivity contribution in [1.82, 2.24) is 14.9 Å². The molecule has 3 N–H and O–H groups in total. The molecule has 1 aliphatic heterocycles. The molecule has 1 amide bonds. The van der Waals surface area contributed by atoms with Crippen LogP contribution in [0.5, 0.6) is 0 Å². The van der Waals surface area contributed by atoms with Gasteiger partial charge in [0.25, 0.3) is 5.56 Å². The minimum absolute atomic E-state index is 0.289. The van der Waals surface area contributed by atoms with Crippen LogP contribution in [0.15, 0.2) is 33.9 Å². The number of carboxylic acids is 1. The Morgan fingerprint density at radius 3 is 2.60 bits per heavy atom. The average Bonchev–Trinajstić information content (AvgIpc) is 2.59. The molecule has 3 rings (SSSR count). The van der Waals surface area contributed by atoms with Gasteiger partial charge in [0.1, 0.15) is 12.1 Å². The number of hydrogen-bond acceptors (Lipinski definition) is 5. The number of carbonyl (C=O) groups excluding carboxylic acids is 1. The summed E-state index contributed by atoms with van der Waals surface area (Å²) in [4.78, 5) is 51.0. The second kappa shape index (κ2) is 6.75. The zero-order valence-electron chi connectivity index (χ0n) is 13.3. The number of aliphatic carboxylic acids is 1. The highest BCUT2D eigenvalue weighted by Gasteiger charge is 2.41. The number of hydrogen-bond donors (Lipinski definition) is 3. The molecule has 1 aromatic heterocycles. The molecule has 1 fully saturated rings. The zero-order valence-corrected chi connectivity index (χ0v) is 14.1. The van der Waals surface area contributed by atoms with Gasteiger partial charge in [-0.05, 0) is 36.5 Å². The monoisotopic (exact) mass is 363 g/mol. The first-order valence-electron chi connectivity index (χ1n) is 7.77. The van der Waals surface area contributed by atoms with Crippen molar-refractivity contribution in [2.45, 2.75) is 24.9 Å². The third-order valence-electron chi connectivity index (χ3n) is 4.33. The summed E-state index contributed by atoms with van der Waals surface area (Å²) < 4.78 is 0.783. The molecule has 1 aliphatic rings. The topological polar surface area (TPSA) is 121 Å². The van der Waals surface area contributed by atoms with E-state index in [-0.39, 0.29) is 5.39 Å². The number of para-hydroxylation sites is 1. The molecule has 132 valence electrons. The summed E-state index contributed by atoms with van der Waals surface area (Å²) in [6.45, 7) is -0.527. The van der Waals surface area contributed by atoms with Gasteiger partial charge in [0.05, 0.1) is 10.9 Å². The van der Waals surface area contributed by atoms with Crippen LogP contribution < -0.4 is 16.6 Å². The SMILES string of the molecule is O=C(Cn1c(=O)[nH]c2ccccc2c1=O)NC1(C(=O)O)CCSCC1. The van der Waals surface area contributed by atoms with Gasteiger partial charge >= 0.3 is 11.7 Å². The van der Waals surface area contributed by atoms with Gasteiger partial charge in [-0.2, -0.15) is 11.8 Å². The van der Waals surface area contributed by atoms with Gasteiger partial charge in [0, 0.05) is 0 Å². The smallest absolute Gasteiger partial charge is 0.329 e. The minimum atomic E-state index is -1.34. The van der Waals surface area contributed by atoms with Crippen LogP contribution in [0.3, 0.4) is 0 Å². The Bertz CT molecular complexity index is 943. The van der Waals surface area contributed by atoms with Gasteiger partial charge in [-0.1, -0.05) is 12.1 Å². The zero-order chi connectivity index (χ0) is 18.0. The first-order chi connectivity index (χ1) is 11.9. The molecule has 2 aromatic rings. The fraction of sp³-hybridized carbons (Fsp3) is 0.375. The number of nitrogens with zero attached hydrogens (tertiary/aromatic N) is 1. The summed E-state index contributed by atoms with van der Waals surface area (Å²) in [5, 5.41) is 12.3. The van der Waals surface area contributed by atoms with E-state index in [0.717, 1.165) is 4.57 Å². The largest absolute Gasteiger partial charge is 0.480 e.